The first-order chi connectivity index (χ1) is 21.1. The Morgan fingerprint density at radius 2 is 1.61 bits per heavy atom. The summed E-state index contributed by atoms with van der Waals surface area (Å²) in [5.74, 6) is -0.0503. The van der Waals surface area contributed by atoms with Crippen LogP contribution in [0.2, 0.25) is 5.02 Å². The summed E-state index contributed by atoms with van der Waals surface area (Å²) < 4.78 is 67.5. The van der Waals surface area contributed by atoms with Crippen LogP contribution in [0, 0.1) is 0 Å². The Hall–Kier alpha value is -3.94. The van der Waals surface area contributed by atoms with E-state index in [1.54, 1.807) is 24.3 Å². The number of carbonyl (C=O) groups excluding carboxylic acids is 1. The van der Waals surface area contributed by atoms with E-state index in [0.29, 0.717) is 11.4 Å². The molecule has 4 aromatic carbocycles. The summed E-state index contributed by atoms with van der Waals surface area (Å²) in [6.45, 7) is 0.974. The van der Waals surface area contributed by atoms with Gasteiger partial charge >= 0.3 is 0 Å². The van der Waals surface area contributed by atoms with E-state index in [2.05, 4.69) is 5.32 Å². The monoisotopic (exact) mass is 655 g/mol. The summed E-state index contributed by atoms with van der Waals surface area (Å²) in [6.07, 6.45) is 0. The second kappa shape index (κ2) is 13.4. The molecular formula is C31H30ClN3O7S2. The molecule has 0 radical (unpaired) electrons. The Labute approximate surface area is 261 Å². The van der Waals surface area contributed by atoms with Gasteiger partial charge in [-0.15, -0.1) is 0 Å². The second-order valence-electron chi connectivity index (χ2n) is 9.84. The molecule has 0 aromatic heterocycles. The number of morpholine rings is 1. The molecule has 1 fully saturated rings. The number of rotatable bonds is 10. The zero-order valence-electron chi connectivity index (χ0n) is 23.7. The van der Waals surface area contributed by atoms with Crippen LogP contribution in [0.25, 0.3) is 0 Å². The molecule has 1 amide bonds. The minimum Gasteiger partial charge on any atom is -0.497 e. The van der Waals surface area contributed by atoms with Gasteiger partial charge in [0.05, 0.1) is 42.5 Å². The highest BCUT2D eigenvalue weighted by Gasteiger charge is 2.29. The zero-order chi connectivity index (χ0) is 31.3. The van der Waals surface area contributed by atoms with Crippen LogP contribution in [-0.4, -0.2) is 60.5 Å². The van der Waals surface area contributed by atoms with Gasteiger partial charge in [-0.3, -0.25) is 9.10 Å². The van der Waals surface area contributed by atoms with Gasteiger partial charge < -0.3 is 14.8 Å². The molecule has 0 bridgehead atoms. The van der Waals surface area contributed by atoms with Gasteiger partial charge in [0.15, 0.2) is 0 Å². The normalized spacial score (nSPS) is 14.1. The molecule has 230 valence electrons. The Bertz CT molecular complexity index is 1850. The number of hydrogen-bond donors (Lipinski definition) is 1. The van der Waals surface area contributed by atoms with Crippen LogP contribution in [0.1, 0.15) is 15.9 Å². The molecule has 0 saturated carbocycles. The number of sulfonamides is 2. The third kappa shape index (κ3) is 6.90. The van der Waals surface area contributed by atoms with Crippen LogP contribution in [0.4, 0.5) is 11.4 Å². The quantitative estimate of drug-likeness (QED) is 0.255. The molecule has 0 aliphatic carbocycles. The van der Waals surface area contributed by atoms with Crippen molar-refractivity contribution >= 4 is 48.9 Å². The molecule has 1 N–H and O–H groups in total. The van der Waals surface area contributed by atoms with Crippen molar-refractivity contribution in [1.29, 1.82) is 0 Å². The first-order valence-electron chi connectivity index (χ1n) is 13.6. The number of nitrogens with one attached hydrogen (secondary N) is 1. The maximum absolute atomic E-state index is 14.0. The van der Waals surface area contributed by atoms with Crippen molar-refractivity contribution in [3.63, 3.8) is 0 Å². The molecule has 10 nitrogen and oxygen atoms in total. The van der Waals surface area contributed by atoms with Crippen molar-refractivity contribution in [2.24, 2.45) is 0 Å². The van der Waals surface area contributed by atoms with E-state index >= 15 is 0 Å². The largest absolute Gasteiger partial charge is 0.497 e. The first-order valence-corrected chi connectivity index (χ1v) is 16.8. The van der Waals surface area contributed by atoms with Gasteiger partial charge in [0.25, 0.3) is 15.9 Å². The Kier molecular flexibility index (Phi) is 9.56. The summed E-state index contributed by atoms with van der Waals surface area (Å²) in [4.78, 5) is 13.1. The SMILES string of the molecule is COc1ccc(N(Cc2ccccc2)S(=O)(=O)c2cccc(C(=O)Nc3ccc(Cl)c(S(=O)(=O)N4CCOCC4)c3)c2)cc1. The summed E-state index contributed by atoms with van der Waals surface area (Å²) in [5.41, 5.74) is 1.43. The number of nitrogens with zero attached hydrogens (tertiary/aromatic N) is 2. The minimum atomic E-state index is -4.14. The third-order valence-corrected chi connectivity index (χ3v) is 11.1. The van der Waals surface area contributed by atoms with Crippen LogP contribution in [-0.2, 0) is 31.3 Å². The molecule has 1 saturated heterocycles. The summed E-state index contributed by atoms with van der Waals surface area (Å²) in [7, 11) is -6.55. The van der Waals surface area contributed by atoms with E-state index in [0.717, 1.165) is 5.56 Å². The van der Waals surface area contributed by atoms with Crippen molar-refractivity contribution in [3.8, 4) is 5.75 Å². The van der Waals surface area contributed by atoms with Gasteiger partial charge in [0.1, 0.15) is 10.6 Å². The lowest BCUT2D eigenvalue weighted by Gasteiger charge is -2.26. The zero-order valence-corrected chi connectivity index (χ0v) is 26.1. The minimum absolute atomic E-state index is 0.0135. The van der Waals surface area contributed by atoms with Crippen molar-refractivity contribution in [2.45, 2.75) is 16.3 Å². The number of carbonyl (C=O) groups is 1. The highest BCUT2D eigenvalue weighted by atomic mass is 35.5. The fraction of sp³-hybridized carbons (Fsp3) is 0.194. The topological polar surface area (TPSA) is 122 Å². The number of halogens is 1. The van der Waals surface area contributed by atoms with Gasteiger partial charge in [-0.1, -0.05) is 48.0 Å². The predicted molar refractivity (Wildman–Crippen MR) is 168 cm³/mol. The number of benzene rings is 4. The number of ether oxygens (including phenoxy) is 2. The molecule has 1 aliphatic rings. The second-order valence-corrected chi connectivity index (χ2v) is 14.0. The predicted octanol–water partition coefficient (Wildman–Crippen LogP) is 5.02. The first kappa shape index (κ1) is 31.5. The summed E-state index contributed by atoms with van der Waals surface area (Å²) in [5, 5.41) is 2.68. The number of anilines is 2. The van der Waals surface area contributed by atoms with Crippen LogP contribution in [0.5, 0.6) is 5.75 Å². The molecule has 0 spiro atoms. The van der Waals surface area contributed by atoms with E-state index in [9.17, 15) is 21.6 Å². The molecular weight excluding hydrogens is 626 g/mol. The van der Waals surface area contributed by atoms with Crippen molar-refractivity contribution < 1.29 is 31.1 Å². The Morgan fingerprint density at radius 3 is 2.30 bits per heavy atom. The van der Waals surface area contributed by atoms with Crippen LogP contribution < -0.4 is 14.4 Å². The molecule has 0 unspecified atom stereocenters. The summed E-state index contributed by atoms with van der Waals surface area (Å²) in [6, 6.07) is 25.6. The van der Waals surface area contributed by atoms with Crippen molar-refractivity contribution in [1.82, 2.24) is 4.31 Å². The lowest BCUT2D eigenvalue weighted by atomic mass is 10.2. The molecule has 5 rings (SSSR count). The van der Waals surface area contributed by atoms with Crippen LogP contribution >= 0.6 is 11.6 Å². The van der Waals surface area contributed by atoms with Gasteiger partial charge in [-0.05, 0) is 66.2 Å². The number of methoxy groups -OCH3 is 1. The molecule has 1 aliphatic heterocycles. The number of hydrogen-bond acceptors (Lipinski definition) is 7. The van der Waals surface area contributed by atoms with E-state index in [4.69, 9.17) is 21.1 Å². The van der Waals surface area contributed by atoms with Crippen molar-refractivity contribution in [3.05, 3.63) is 113 Å². The van der Waals surface area contributed by atoms with Crippen LogP contribution in [0.3, 0.4) is 0 Å². The van der Waals surface area contributed by atoms with Crippen LogP contribution in [0.15, 0.2) is 107 Å². The maximum atomic E-state index is 14.0. The standard InChI is InChI=1S/C31H30ClN3O7S2/c1-41-27-13-11-26(12-14-27)35(22-23-6-3-2-4-7-23)43(37,38)28-9-5-8-24(20-28)31(36)33-25-10-15-29(32)30(21-25)44(39,40)34-16-18-42-19-17-34/h2-15,20-21H,16-19,22H2,1H3,(H,33,36). The molecule has 13 heteroatoms. The maximum Gasteiger partial charge on any atom is 0.264 e. The molecule has 4 aromatic rings. The van der Waals surface area contributed by atoms with E-state index in [1.165, 1.54) is 58.2 Å². The third-order valence-electron chi connectivity index (χ3n) is 6.99. The van der Waals surface area contributed by atoms with Gasteiger partial charge in [-0.25, -0.2) is 16.8 Å². The smallest absolute Gasteiger partial charge is 0.264 e. The Balaban J connectivity index is 1.43. The van der Waals surface area contributed by atoms with E-state index in [-0.39, 0.29) is 58.9 Å². The lowest BCUT2D eigenvalue weighted by molar-refractivity contribution is 0.0730. The highest BCUT2D eigenvalue weighted by Crippen LogP contribution is 2.30. The average molecular weight is 656 g/mol. The average Bonchev–Trinajstić information content (AvgIpc) is 3.05. The Morgan fingerprint density at radius 1 is 0.909 bits per heavy atom. The molecule has 44 heavy (non-hydrogen) atoms. The van der Waals surface area contributed by atoms with E-state index < -0.39 is 26.0 Å². The van der Waals surface area contributed by atoms with Crippen molar-refractivity contribution in [2.75, 3.05) is 43.0 Å². The fourth-order valence-corrected chi connectivity index (χ4v) is 8.05. The highest BCUT2D eigenvalue weighted by molar-refractivity contribution is 7.92. The lowest BCUT2D eigenvalue weighted by Crippen LogP contribution is -2.40. The fourth-order valence-electron chi connectivity index (χ4n) is 4.65. The van der Waals surface area contributed by atoms with E-state index in [1.807, 2.05) is 30.3 Å². The van der Waals surface area contributed by atoms with Gasteiger partial charge in [-0.2, -0.15) is 4.31 Å². The molecule has 0 atom stereocenters. The van der Waals surface area contributed by atoms with Gasteiger partial charge in [0, 0.05) is 24.3 Å². The van der Waals surface area contributed by atoms with Gasteiger partial charge in [0.2, 0.25) is 10.0 Å². The number of amides is 1. The molecule has 1 heterocycles. The summed E-state index contributed by atoms with van der Waals surface area (Å²) >= 11 is 6.25.